The summed E-state index contributed by atoms with van der Waals surface area (Å²) in [6, 6.07) is 12.0. The highest BCUT2D eigenvalue weighted by Gasteiger charge is 2.07. The monoisotopic (exact) mass is 243 g/mol. The largest absolute Gasteiger partial charge is 0.457 e. The van der Waals surface area contributed by atoms with E-state index in [0.29, 0.717) is 11.5 Å². The number of nitrogens with zero attached hydrogens (tertiary/aromatic N) is 1. The molecule has 0 aromatic heterocycles. The molecular weight excluding hydrogens is 230 g/mol. The second-order valence-electron chi connectivity index (χ2n) is 4.18. The Labute approximate surface area is 105 Å². The number of rotatable bonds is 3. The molecule has 0 aliphatic rings. The Kier molecular flexibility index (Phi) is 3.28. The second kappa shape index (κ2) is 4.87. The van der Waals surface area contributed by atoms with Crippen LogP contribution in [0.3, 0.4) is 0 Å². The van der Waals surface area contributed by atoms with Crippen LogP contribution in [0.1, 0.15) is 11.1 Å². The first kappa shape index (κ1) is 12.1. The van der Waals surface area contributed by atoms with Crippen molar-refractivity contribution in [1.29, 1.82) is 0 Å². The average molecular weight is 243 g/mol. The summed E-state index contributed by atoms with van der Waals surface area (Å²) < 4.78 is 5.63. The molecule has 0 unspecified atom stereocenters. The van der Waals surface area contributed by atoms with Crippen LogP contribution in [0.5, 0.6) is 11.5 Å². The molecule has 4 heteroatoms. The second-order valence-corrected chi connectivity index (χ2v) is 4.18. The van der Waals surface area contributed by atoms with Gasteiger partial charge in [-0.15, -0.1) is 0 Å². The lowest BCUT2D eigenvalue weighted by atomic mass is 10.1. The van der Waals surface area contributed by atoms with Gasteiger partial charge in [-0.25, -0.2) is 0 Å². The summed E-state index contributed by atoms with van der Waals surface area (Å²) in [5, 5.41) is 10.7. The molecule has 0 N–H and O–H groups in total. The SMILES string of the molecule is Cc1cc(C)cc(Oc2cccc([N+](=O)[O-])c2)c1. The fourth-order valence-electron chi connectivity index (χ4n) is 1.79. The maximum Gasteiger partial charge on any atom is 0.273 e. The van der Waals surface area contributed by atoms with Gasteiger partial charge in [0.15, 0.2) is 0 Å². The van der Waals surface area contributed by atoms with Crippen molar-refractivity contribution in [2.75, 3.05) is 0 Å². The van der Waals surface area contributed by atoms with Crippen molar-refractivity contribution < 1.29 is 9.66 Å². The minimum Gasteiger partial charge on any atom is -0.457 e. The third-order valence-electron chi connectivity index (χ3n) is 2.46. The van der Waals surface area contributed by atoms with Gasteiger partial charge in [0.1, 0.15) is 11.5 Å². The molecule has 0 aliphatic heterocycles. The van der Waals surface area contributed by atoms with Crippen LogP contribution in [0.2, 0.25) is 0 Å². The molecule has 2 aromatic carbocycles. The van der Waals surface area contributed by atoms with E-state index in [1.54, 1.807) is 12.1 Å². The zero-order chi connectivity index (χ0) is 13.1. The lowest BCUT2D eigenvalue weighted by molar-refractivity contribution is -0.384. The van der Waals surface area contributed by atoms with E-state index in [2.05, 4.69) is 0 Å². The zero-order valence-corrected chi connectivity index (χ0v) is 10.2. The molecule has 0 radical (unpaired) electrons. The van der Waals surface area contributed by atoms with Crippen molar-refractivity contribution in [1.82, 2.24) is 0 Å². The minimum atomic E-state index is -0.436. The fraction of sp³-hybridized carbons (Fsp3) is 0.143. The predicted octanol–water partition coefficient (Wildman–Crippen LogP) is 4.00. The average Bonchev–Trinajstić information content (AvgIpc) is 2.27. The van der Waals surface area contributed by atoms with Crippen LogP contribution in [0.25, 0.3) is 0 Å². The van der Waals surface area contributed by atoms with Crippen molar-refractivity contribution in [2.24, 2.45) is 0 Å². The van der Waals surface area contributed by atoms with Gasteiger partial charge >= 0.3 is 0 Å². The summed E-state index contributed by atoms with van der Waals surface area (Å²) in [7, 11) is 0. The maximum atomic E-state index is 10.7. The van der Waals surface area contributed by atoms with Gasteiger partial charge < -0.3 is 4.74 Å². The van der Waals surface area contributed by atoms with E-state index in [1.807, 2.05) is 32.0 Å². The van der Waals surface area contributed by atoms with Crippen LogP contribution >= 0.6 is 0 Å². The van der Waals surface area contributed by atoms with Crippen LogP contribution in [0.4, 0.5) is 5.69 Å². The standard InChI is InChI=1S/C14H13NO3/c1-10-6-11(2)8-14(7-10)18-13-5-3-4-12(9-13)15(16)17/h3-9H,1-2H3. The minimum absolute atomic E-state index is 0.0249. The molecule has 18 heavy (non-hydrogen) atoms. The van der Waals surface area contributed by atoms with Crippen molar-refractivity contribution >= 4 is 5.69 Å². The Morgan fingerprint density at radius 3 is 2.28 bits per heavy atom. The van der Waals surface area contributed by atoms with Gasteiger partial charge in [0.25, 0.3) is 5.69 Å². The summed E-state index contributed by atoms with van der Waals surface area (Å²) in [6.45, 7) is 3.96. The van der Waals surface area contributed by atoms with Gasteiger partial charge in [0, 0.05) is 6.07 Å². The summed E-state index contributed by atoms with van der Waals surface area (Å²) in [6.07, 6.45) is 0. The molecule has 0 amide bonds. The highest BCUT2D eigenvalue weighted by Crippen LogP contribution is 2.26. The summed E-state index contributed by atoms with van der Waals surface area (Å²) >= 11 is 0. The van der Waals surface area contributed by atoms with Crippen molar-refractivity contribution in [2.45, 2.75) is 13.8 Å². The topological polar surface area (TPSA) is 52.4 Å². The van der Waals surface area contributed by atoms with Crippen LogP contribution in [-0.4, -0.2) is 4.92 Å². The fourth-order valence-corrected chi connectivity index (χ4v) is 1.79. The van der Waals surface area contributed by atoms with Gasteiger partial charge in [-0.1, -0.05) is 12.1 Å². The Bertz CT molecular complexity index is 573. The Balaban J connectivity index is 2.28. The number of non-ortho nitro benzene ring substituents is 1. The Morgan fingerprint density at radius 1 is 1.00 bits per heavy atom. The quantitative estimate of drug-likeness (QED) is 0.604. The Morgan fingerprint density at radius 2 is 1.67 bits per heavy atom. The summed E-state index contributed by atoms with van der Waals surface area (Å²) in [4.78, 5) is 10.2. The first-order valence-electron chi connectivity index (χ1n) is 5.55. The number of nitro groups is 1. The molecule has 0 aliphatic carbocycles. The van der Waals surface area contributed by atoms with E-state index < -0.39 is 4.92 Å². The molecular formula is C14H13NO3. The van der Waals surface area contributed by atoms with Crippen LogP contribution < -0.4 is 4.74 Å². The van der Waals surface area contributed by atoms with Gasteiger partial charge in [0.05, 0.1) is 11.0 Å². The van der Waals surface area contributed by atoms with E-state index in [-0.39, 0.29) is 5.69 Å². The first-order chi connectivity index (χ1) is 8.54. The van der Waals surface area contributed by atoms with E-state index in [4.69, 9.17) is 4.74 Å². The molecule has 0 saturated carbocycles. The first-order valence-corrected chi connectivity index (χ1v) is 5.55. The molecule has 0 saturated heterocycles. The number of ether oxygens (including phenoxy) is 1. The van der Waals surface area contributed by atoms with E-state index >= 15 is 0 Å². The molecule has 4 nitrogen and oxygen atoms in total. The number of nitro benzene ring substituents is 1. The van der Waals surface area contributed by atoms with Gasteiger partial charge in [-0.05, 0) is 43.2 Å². The molecule has 0 spiro atoms. The summed E-state index contributed by atoms with van der Waals surface area (Å²) in [5.41, 5.74) is 2.21. The normalized spacial score (nSPS) is 10.1. The third kappa shape index (κ3) is 2.85. The van der Waals surface area contributed by atoms with Crippen molar-refractivity contribution in [3.05, 3.63) is 63.7 Å². The molecule has 0 heterocycles. The molecule has 0 atom stereocenters. The highest BCUT2D eigenvalue weighted by atomic mass is 16.6. The molecule has 2 aromatic rings. The predicted molar refractivity (Wildman–Crippen MR) is 69.1 cm³/mol. The summed E-state index contributed by atoms with van der Waals surface area (Å²) in [5.74, 6) is 1.15. The lowest BCUT2D eigenvalue weighted by Crippen LogP contribution is -1.90. The molecule has 0 fully saturated rings. The van der Waals surface area contributed by atoms with E-state index in [0.717, 1.165) is 11.1 Å². The van der Waals surface area contributed by atoms with Gasteiger partial charge in [-0.3, -0.25) is 10.1 Å². The lowest BCUT2D eigenvalue weighted by Gasteiger charge is -2.07. The number of aryl methyl sites for hydroxylation is 2. The maximum absolute atomic E-state index is 10.7. The van der Waals surface area contributed by atoms with E-state index in [1.165, 1.54) is 12.1 Å². The van der Waals surface area contributed by atoms with Gasteiger partial charge in [0.2, 0.25) is 0 Å². The van der Waals surface area contributed by atoms with Crippen LogP contribution in [-0.2, 0) is 0 Å². The van der Waals surface area contributed by atoms with Crippen molar-refractivity contribution in [3.63, 3.8) is 0 Å². The van der Waals surface area contributed by atoms with Crippen molar-refractivity contribution in [3.8, 4) is 11.5 Å². The van der Waals surface area contributed by atoms with Crippen LogP contribution in [0.15, 0.2) is 42.5 Å². The Hall–Kier alpha value is -2.36. The smallest absolute Gasteiger partial charge is 0.273 e. The van der Waals surface area contributed by atoms with Gasteiger partial charge in [-0.2, -0.15) is 0 Å². The zero-order valence-electron chi connectivity index (χ0n) is 10.2. The number of hydrogen-bond donors (Lipinski definition) is 0. The molecule has 2 rings (SSSR count). The van der Waals surface area contributed by atoms with Crippen LogP contribution in [0, 0.1) is 24.0 Å². The number of benzene rings is 2. The molecule has 0 bridgehead atoms. The third-order valence-corrected chi connectivity index (χ3v) is 2.46. The number of hydrogen-bond acceptors (Lipinski definition) is 3. The highest BCUT2D eigenvalue weighted by molar-refractivity contribution is 5.42. The molecule has 92 valence electrons. The van der Waals surface area contributed by atoms with E-state index in [9.17, 15) is 10.1 Å².